The standard InChI is InChI=1S/C18H21N3OS/c1-5-21(4)9-15-19-17(22)16-14(10-23-18(16)20-15)13-8-11(2)6-7-12(13)3/h6-8,10H,5,9H2,1-4H3,(H,19,20,22). The maximum atomic E-state index is 12.6. The van der Waals surface area contributed by atoms with Crippen molar-refractivity contribution >= 4 is 21.6 Å². The number of thiophene rings is 1. The van der Waals surface area contributed by atoms with Crippen LogP contribution in [0.3, 0.4) is 0 Å². The van der Waals surface area contributed by atoms with Gasteiger partial charge in [-0.25, -0.2) is 4.98 Å². The first-order valence-corrected chi connectivity index (χ1v) is 8.64. The highest BCUT2D eigenvalue weighted by molar-refractivity contribution is 7.17. The van der Waals surface area contributed by atoms with Crippen LogP contribution in [-0.2, 0) is 6.54 Å². The van der Waals surface area contributed by atoms with Crippen molar-refractivity contribution in [3.63, 3.8) is 0 Å². The lowest BCUT2D eigenvalue weighted by Gasteiger charge is -2.12. The summed E-state index contributed by atoms with van der Waals surface area (Å²) in [6.07, 6.45) is 0. The zero-order valence-electron chi connectivity index (χ0n) is 13.9. The van der Waals surface area contributed by atoms with E-state index in [1.54, 1.807) is 0 Å². The topological polar surface area (TPSA) is 49.0 Å². The second-order valence-electron chi connectivity index (χ2n) is 5.99. The van der Waals surface area contributed by atoms with Crippen LogP contribution in [0.25, 0.3) is 21.3 Å². The summed E-state index contributed by atoms with van der Waals surface area (Å²) in [5.41, 5.74) is 4.41. The number of aryl methyl sites for hydroxylation is 2. The first-order valence-electron chi connectivity index (χ1n) is 7.76. The molecule has 0 saturated carbocycles. The minimum atomic E-state index is -0.0494. The van der Waals surface area contributed by atoms with Gasteiger partial charge >= 0.3 is 0 Å². The fraction of sp³-hybridized carbons (Fsp3) is 0.333. The largest absolute Gasteiger partial charge is 0.309 e. The molecule has 0 aliphatic carbocycles. The van der Waals surface area contributed by atoms with Gasteiger partial charge in [-0.15, -0.1) is 11.3 Å². The first-order chi connectivity index (χ1) is 11.0. The summed E-state index contributed by atoms with van der Waals surface area (Å²) in [5.74, 6) is 0.723. The molecule has 0 aliphatic heterocycles. The molecule has 0 atom stereocenters. The Morgan fingerprint density at radius 3 is 2.78 bits per heavy atom. The normalized spacial score (nSPS) is 11.5. The molecule has 2 aromatic heterocycles. The van der Waals surface area contributed by atoms with Crippen molar-refractivity contribution in [3.8, 4) is 11.1 Å². The molecule has 2 heterocycles. The number of aromatic amines is 1. The van der Waals surface area contributed by atoms with Crippen LogP contribution >= 0.6 is 11.3 Å². The summed E-state index contributed by atoms with van der Waals surface area (Å²) in [5, 5.41) is 2.74. The Hall–Kier alpha value is -1.98. The molecule has 0 spiro atoms. The molecule has 3 rings (SSSR count). The minimum absolute atomic E-state index is 0.0494. The van der Waals surface area contributed by atoms with Crippen LogP contribution in [-0.4, -0.2) is 28.5 Å². The lowest BCUT2D eigenvalue weighted by atomic mass is 9.99. The maximum Gasteiger partial charge on any atom is 0.260 e. The third-order valence-electron chi connectivity index (χ3n) is 4.14. The molecule has 0 fully saturated rings. The Morgan fingerprint density at radius 1 is 1.26 bits per heavy atom. The smallest absolute Gasteiger partial charge is 0.260 e. The Labute approximate surface area is 139 Å². The lowest BCUT2D eigenvalue weighted by molar-refractivity contribution is 0.336. The molecular formula is C18H21N3OS. The summed E-state index contributed by atoms with van der Waals surface area (Å²) >= 11 is 1.54. The number of hydrogen-bond donors (Lipinski definition) is 1. The van der Waals surface area contributed by atoms with Crippen molar-refractivity contribution in [3.05, 3.63) is 50.9 Å². The van der Waals surface area contributed by atoms with Gasteiger partial charge in [-0.05, 0) is 38.6 Å². The van der Waals surface area contributed by atoms with Crippen molar-refractivity contribution in [2.45, 2.75) is 27.3 Å². The Bertz CT molecular complexity index is 910. The second kappa shape index (κ2) is 6.26. The maximum absolute atomic E-state index is 12.6. The molecule has 5 heteroatoms. The van der Waals surface area contributed by atoms with Crippen molar-refractivity contribution in [1.29, 1.82) is 0 Å². The van der Waals surface area contributed by atoms with Gasteiger partial charge in [-0.1, -0.05) is 30.7 Å². The van der Waals surface area contributed by atoms with E-state index in [1.165, 1.54) is 22.5 Å². The summed E-state index contributed by atoms with van der Waals surface area (Å²) in [6, 6.07) is 6.32. The second-order valence-corrected chi connectivity index (χ2v) is 6.85. The zero-order valence-corrected chi connectivity index (χ0v) is 14.8. The van der Waals surface area contributed by atoms with Crippen LogP contribution in [0.15, 0.2) is 28.4 Å². The van der Waals surface area contributed by atoms with Crippen LogP contribution in [0.2, 0.25) is 0 Å². The molecular weight excluding hydrogens is 306 g/mol. The van der Waals surface area contributed by atoms with E-state index >= 15 is 0 Å². The molecule has 4 nitrogen and oxygen atoms in total. The summed E-state index contributed by atoms with van der Waals surface area (Å²) in [6.45, 7) is 7.79. The van der Waals surface area contributed by atoms with Gasteiger partial charge < -0.3 is 4.98 Å². The van der Waals surface area contributed by atoms with E-state index in [2.05, 4.69) is 53.8 Å². The molecule has 3 aromatic rings. The summed E-state index contributed by atoms with van der Waals surface area (Å²) < 4.78 is 0. The number of H-pyrrole nitrogens is 1. The van der Waals surface area contributed by atoms with Gasteiger partial charge in [0.05, 0.1) is 11.9 Å². The molecule has 1 N–H and O–H groups in total. The van der Waals surface area contributed by atoms with E-state index in [4.69, 9.17) is 0 Å². The monoisotopic (exact) mass is 327 g/mol. The number of fused-ring (bicyclic) bond motifs is 1. The Morgan fingerprint density at radius 2 is 2.04 bits per heavy atom. The van der Waals surface area contributed by atoms with Crippen LogP contribution in [0.1, 0.15) is 23.9 Å². The number of nitrogens with one attached hydrogen (secondary N) is 1. The van der Waals surface area contributed by atoms with E-state index in [0.717, 1.165) is 28.3 Å². The Balaban J connectivity index is 2.15. The van der Waals surface area contributed by atoms with Crippen LogP contribution in [0.4, 0.5) is 0 Å². The lowest BCUT2D eigenvalue weighted by Crippen LogP contribution is -2.21. The third kappa shape index (κ3) is 3.07. The highest BCUT2D eigenvalue weighted by Crippen LogP contribution is 2.33. The quantitative estimate of drug-likeness (QED) is 0.794. The number of aromatic nitrogens is 2. The predicted octanol–water partition coefficient (Wildman–Crippen LogP) is 3.72. The third-order valence-corrected chi connectivity index (χ3v) is 5.01. The van der Waals surface area contributed by atoms with Crippen LogP contribution in [0, 0.1) is 13.8 Å². The molecule has 0 radical (unpaired) electrons. The van der Waals surface area contributed by atoms with E-state index in [0.29, 0.717) is 11.9 Å². The minimum Gasteiger partial charge on any atom is -0.309 e. The average Bonchev–Trinajstić information content (AvgIpc) is 2.93. The van der Waals surface area contributed by atoms with E-state index in [-0.39, 0.29) is 5.56 Å². The van der Waals surface area contributed by atoms with Gasteiger partial charge in [0.1, 0.15) is 10.7 Å². The fourth-order valence-corrected chi connectivity index (χ4v) is 3.62. The molecule has 0 saturated heterocycles. The number of benzene rings is 1. The summed E-state index contributed by atoms with van der Waals surface area (Å²) in [4.78, 5) is 23.1. The highest BCUT2D eigenvalue weighted by Gasteiger charge is 2.15. The summed E-state index contributed by atoms with van der Waals surface area (Å²) in [7, 11) is 2.01. The Kier molecular flexibility index (Phi) is 4.33. The SMILES string of the molecule is CCN(C)Cc1nc2scc(-c3cc(C)ccc3C)c2c(=O)[nH]1. The molecule has 120 valence electrons. The molecule has 1 aromatic carbocycles. The van der Waals surface area contributed by atoms with Crippen LogP contribution in [0.5, 0.6) is 0 Å². The van der Waals surface area contributed by atoms with Crippen molar-refractivity contribution in [2.24, 2.45) is 0 Å². The van der Waals surface area contributed by atoms with Gasteiger partial charge in [0.15, 0.2) is 0 Å². The highest BCUT2D eigenvalue weighted by atomic mass is 32.1. The fourth-order valence-electron chi connectivity index (χ4n) is 2.66. The van der Waals surface area contributed by atoms with E-state index in [9.17, 15) is 4.79 Å². The van der Waals surface area contributed by atoms with Crippen molar-refractivity contribution in [1.82, 2.24) is 14.9 Å². The first kappa shape index (κ1) is 15.9. The van der Waals surface area contributed by atoms with Crippen molar-refractivity contribution < 1.29 is 0 Å². The van der Waals surface area contributed by atoms with Crippen LogP contribution < -0.4 is 5.56 Å². The van der Waals surface area contributed by atoms with E-state index < -0.39 is 0 Å². The molecule has 0 aliphatic rings. The number of nitrogens with zero attached hydrogens (tertiary/aromatic N) is 2. The molecule has 0 bridgehead atoms. The predicted molar refractivity (Wildman–Crippen MR) is 97.2 cm³/mol. The van der Waals surface area contributed by atoms with E-state index in [1.807, 2.05) is 12.4 Å². The van der Waals surface area contributed by atoms with Crippen molar-refractivity contribution in [2.75, 3.05) is 13.6 Å². The molecule has 23 heavy (non-hydrogen) atoms. The van der Waals surface area contributed by atoms with Gasteiger partial charge in [0.2, 0.25) is 0 Å². The average molecular weight is 327 g/mol. The van der Waals surface area contributed by atoms with Gasteiger partial charge in [-0.2, -0.15) is 0 Å². The molecule has 0 unspecified atom stereocenters. The van der Waals surface area contributed by atoms with Gasteiger partial charge in [0.25, 0.3) is 5.56 Å². The van der Waals surface area contributed by atoms with Gasteiger partial charge in [-0.3, -0.25) is 9.69 Å². The zero-order chi connectivity index (χ0) is 16.6. The number of hydrogen-bond acceptors (Lipinski definition) is 4. The van der Waals surface area contributed by atoms with Gasteiger partial charge in [0, 0.05) is 10.9 Å². The number of rotatable bonds is 4. The molecule has 0 amide bonds.